The largest absolute Gasteiger partial charge is 0.466 e. The van der Waals surface area contributed by atoms with Crippen molar-refractivity contribution in [2.75, 3.05) is 13.2 Å². The second kappa shape index (κ2) is 55.2. The van der Waals surface area contributed by atoms with E-state index in [2.05, 4.69) is 19.2 Å². The zero-order valence-corrected chi connectivity index (χ0v) is 44.0. The molecule has 0 aliphatic heterocycles. The van der Waals surface area contributed by atoms with Crippen LogP contribution in [0.25, 0.3) is 0 Å². The molecule has 0 bridgehead atoms. The van der Waals surface area contributed by atoms with Crippen molar-refractivity contribution in [1.29, 1.82) is 0 Å². The summed E-state index contributed by atoms with van der Waals surface area (Å²) in [5.74, 6) is -0.0528. The van der Waals surface area contributed by atoms with Gasteiger partial charge in [0, 0.05) is 12.8 Å². The van der Waals surface area contributed by atoms with Crippen LogP contribution in [0.1, 0.15) is 328 Å². The van der Waals surface area contributed by atoms with E-state index < -0.39 is 12.1 Å². The minimum absolute atomic E-state index is 0.0169. The number of unbranched alkanes of at least 4 members (excludes halogenated alkanes) is 44. The Hall–Kier alpha value is -1.40. The zero-order chi connectivity index (χ0) is 47.2. The maximum absolute atomic E-state index is 12.4. The van der Waals surface area contributed by atoms with Gasteiger partial charge in [-0.25, -0.2) is 0 Å². The first-order valence-corrected chi connectivity index (χ1v) is 29.5. The Morgan fingerprint density at radius 2 is 0.708 bits per heavy atom. The van der Waals surface area contributed by atoms with Gasteiger partial charge in [0.15, 0.2) is 0 Å². The third-order valence-electron chi connectivity index (χ3n) is 13.8. The maximum Gasteiger partial charge on any atom is 0.305 e. The topological polar surface area (TPSA) is 95.9 Å². The number of carbonyl (C=O) groups is 2. The lowest BCUT2D eigenvalue weighted by molar-refractivity contribution is -0.143. The molecule has 6 heteroatoms. The van der Waals surface area contributed by atoms with E-state index in [-0.39, 0.29) is 18.5 Å². The third-order valence-corrected chi connectivity index (χ3v) is 13.8. The molecule has 0 saturated heterocycles. The van der Waals surface area contributed by atoms with Crippen LogP contribution in [0.5, 0.6) is 0 Å². The van der Waals surface area contributed by atoms with Gasteiger partial charge in [0.1, 0.15) is 0 Å². The van der Waals surface area contributed by atoms with Crippen LogP contribution in [-0.4, -0.2) is 47.4 Å². The summed E-state index contributed by atoms with van der Waals surface area (Å²) >= 11 is 0. The van der Waals surface area contributed by atoms with Crippen molar-refractivity contribution in [3.63, 3.8) is 0 Å². The number of aliphatic hydroxyl groups excluding tert-OH is 2. The summed E-state index contributed by atoms with van der Waals surface area (Å²) in [7, 11) is 0. The van der Waals surface area contributed by atoms with Crippen LogP contribution in [-0.2, 0) is 14.3 Å². The predicted octanol–water partition coefficient (Wildman–Crippen LogP) is 18.1. The molecule has 0 rings (SSSR count). The summed E-state index contributed by atoms with van der Waals surface area (Å²) in [6, 6.07) is -0.625. The van der Waals surface area contributed by atoms with E-state index in [9.17, 15) is 19.8 Å². The molecule has 3 N–H and O–H groups in total. The average molecular weight is 919 g/mol. The van der Waals surface area contributed by atoms with Gasteiger partial charge in [-0.05, 0) is 32.1 Å². The van der Waals surface area contributed by atoms with Crippen molar-refractivity contribution < 1.29 is 24.5 Å². The number of hydrogen-bond acceptors (Lipinski definition) is 5. The lowest BCUT2D eigenvalue weighted by atomic mass is 10.0. The number of ether oxygens (including phenoxy) is 1. The van der Waals surface area contributed by atoms with Gasteiger partial charge < -0.3 is 20.3 Å². The molecule has 0 radical (unpaired) electrons. The molecule has 65 heavy (non-hydrogen) atoms. The molecule has 0 aliphatic rings. The normalized spacial score (nSPS) is 12.6. The highest BCUT2D eigenvalue weighted by atomic mass is 16.5. The third kappa shape index (κ3) is 51.8. The minimum atomic E-state index is -0.841. The van der Waals surface area contributed by atoms with Crippen LogP contribution >= 0.6 is 0 Å². The van der Waals surface area contributed by atoms with E-state index in [1.807, 2.05) is 6.08 Å². The highest BCUT2D eigenvalue weighted by Crippen LogP contribution is 2.18. The standard InChI is InChI=1S/C59H115NO5/c1-3-5-7-9-11-13-14-15-16-23-27-30-33-37-41-45-49-53-59(64)65-54-50-46-42-38-34-31-28-25-22-20-18-17-19-21-24-26-29-32-36-40-44-48-52-58(63)60-56(55-61)57(62)51-47-43-39-35-12-10-8-6-4-2/h47,51,56-57,61-62H,3-46,48-50,52-55H2,1-2H3,(H,60,63)/b51-47+. The number of aliphatic hydroxyl groups is 2. The number of esters is 1. The van der Waals surface area contributed by atoms with Crippen molar-refractivity contribution >= 4 is 11.9 Å². The van der Waals surface area contributed by atoms with Crippen LogP contribution in [0.2, 0.25) is 0 Å². The molecular weight excluding hydrogens is 803 g/mol. The smallest absolute Gasteiger partial charge is 0.305 e. The number of hydrogen-bond donors (Lipinski definition) is 3. The highest BCUT2D eigenvalue weighted by Gasteiger charge is 2.18. The molecule has 0 aromatic heterocycles. The molecule has 6 nitrogen and oxygen atoms in total. The fraction of sp³-hybridized carbons (Fsp3) is 0.932. The SMILES string of the molecule is CCCCCCCCC/C=C/C(O)C(CO)NC(=O)CCCCCCCCCCCCCCCCCCCCCCCCOC(=O)CCCCCCCCCCCCCCCCCCC. The summed E-state index contributed by atoms with van der Waals surface area (Å²) in [5.41, 5.74) is 0. The molecule has 0 fully saturated rings. The first-order valence-electron chi connectivity index (χ1n) is 29.5. The number of nitrogens with one attached hydrogen (secondary N) is 1. The monoisotopic (exact) mass is 918 g/mol. The van der Waals surface area contributed by atoms with Crippen molar-refractivity contribution in [3.05, 3.63) is 12.2 Å². The van der Waals surface area contributed by atoms with Gasteiger partial charge in [-0.1, -0.05) is 296 Å². The van der Waals surface area contributed by atoms with Gasteiger partial charge in [0.05, 0.1) is 25.4 Å². The first-order chi connectivity index (χ1) is 32.0. The molecule has 1 amide bonds. The number of rotatable bonds is 55. The molecule has 386 valence electrons. The Labute approximate surface area is 406 Å². The minimum Gasteiger partial charge on any atom is -0.466 e. The van der Waals surface area contributed by atoms with Gasteiger partial charge in [0.2, 0.25) is 5.91 Å². The molecular formula is C59H115NO5. The molecule has 0 heterocycles. The Kier molecular flexibility index (Phi) is 54.0. The van der Waals surface area contributed by atoms with E-state index in [1.54, 1.807) is 6.08 Å². The van der Waals surface area contributed by atoms with Crippen molar-refractivity contribution in [2.24, 2.45) is 0 Å². The predicted molar refractivity (Wildman–Crippen MR) is 283 cm³/mol. The highest BCUT2D eigenvalue weighted by molar-refractivity contribution is 5.76. The van der Waals surface area contributed by atoms with Crippen molar-refractivity contribution in [3.8, 4) is 0 Å². The van der Waals surface area contributed by atoms with Gasteiger partial charge in [0.25, 0.3) is 0 Å². The van der Waals surface area contributed by atoms with E-state index in [1.165, 1.54) is 263 Å². The van der Waals surface area contributed by atoms with E-state index in [4.69, 9.17) is 4.74 Å². The molecule has 2 atom stereocenters. The molecule has 0 aromatic rings. The van der Waals surface area contributed by atoms with Gasteiger partial charge >= 0.3 is 5.97 Å². The van der Waals surface area contributed by atoms with Crippen LogP contribution in [0.15, 0.2) is 12.2 Å². The lowest BCUT2D eigenvalue weighted by Gasteiger charge is -2.20. The van der Waals surface area contributed by atoms with Crippen LogP contribution in [0.3, 0.4) is 0 Å². The summed E-state index contributed by atoms with van der Waals surface area (Å²) in [6.45, 7) is 4.90. The average Bonchev–Trinajstić information content (AvgIpc) is 3.31. The van der Waals surface area contributed by atoms with Crippen LogP contribution < -0.4 is 5.32 Å². The fourth-order valence-corrected chi connectivity index (χ4v) is 9.28. The Morgan fingerprint density at radius 1 is 0.415 bits per heavy atom. The van der Waals surface area contributed by atoms with Crippen LogP contribution in [0.4, 0.5) is 0 Å². The Morgan fingerprint density at radius 3 is 1.05 bits per heavy atom. The Balaban J connectivity index is 3.33. The lowest BCUT2D eigenvalue weighted by Crippen LogP contribution is -2.45. The van der Waals surface area contributed by atoms with E-state index in [0.717, 1.165) is 38.5 Å². The molecule has 0 saturated carbocycles. The van der Waals surface area contributed by atoms with Gasteiger partial charge in [-0.15, -0.1) is 0 Å². The van der Waals surface area contributed by atoms with E-state index >= 15 is 0 Å². The number of amides is 1. The second-order valence-corrected chi connectivity index (χ2v) is 20.3. The summed E-state index contributed by atoms with van der Waals surface area (Å²) in [4.78, 5) is 24.5. The van der Waals surface area contributed by atoms with Crippen LogP contribution in [0, 0.1) is 0 Å². The molecule has 0 aliphatic carbocycles. The van der Waals surface area contributed by atoms with Gasteiger partial charge in [-0.2, -0.15) is 0 Å². The summed E-state index contributed by atoms with van der Waals surface area (Å²) < 4.78 is 5.50. The quantitative estimate of drug-likeness (QED) is 0.0321. The van der Waals surface area contributed by atoms with E-state index in [0.29, 0.717) is 19.4 Å². The van der Waals surface area contributed by atoms with Crippen molar-refractivity contribution in [1.82, 2.24) is 5.32 Å². The molecule has 2 unspecified atom stereocenters. The number of allylic oxidation sites excluding steroid dienone is 1. The summed E-state index contributed by atoms with van der Waals surface area (Å²) in [6.07, 6.45) is 65.4. The Bertz CT molecular complexity index is 970. The van der Waals surface area contributed by atoms with Gasteiger partial charge in [-0.3, -0.25) is 9.59 Å². The zero-order valence-electron chi connectivity index (χ0n) is 44.0. The number of carbonyl (C=O) groups excluding carboxylic acids is 2. The summed E-state index contributed by atoms with van der Waals surface area (Å²) in [5, 5.41) is 22.9. The second-order valence-electron chi connectivity index (χ2n) is 20.3. The fourth-order valence-electron chi connectivity index (χ4n) is 9.28. The molecule has 0 aromatic carbocycles. The first kappa shape index (κ1) is 63.6. The maximum atomic E-state index is 12.4. The van der Waals surface area contributed by atoms with Crippen molar-refractivity contribution in [2.45, 2.75) is 341 Å². The molecule has 0 spiro atoms.